The molecule has 0 saturated carbocycles. The molecule has 0 aliphatic rings. The molecule has 200 valence electrons. The van der Waals surface area contributed by atoms with Gasteiger partial charge in [-0.2, -0.15) is 0 Å². The van der Waals surface area contributed by atoms with Crippen molar-refractivity contribution in [1.29, 1.82) is 0 Å². The molecular formula is C21H32N6O9. The molecular weight excluding hydrogens is 480 g/mol. The molecule has 7 N–H and O–H groups in total. The number of carbonyl (C=O) groups excluding carboxylic acids is 2. The predicted octanol–water partition coefficient (Wildman–Crippen LogP) is -5.05. The van der Waals surface area contributed by atoms with E-state index in [1.54, 1.807) is 0 Å². The summed E-state index contributed by atoms with van der Waals surface area (Å²) in [5.74, 6) is -1.21. The molecule has 15 nitrogen and oxygen atoms in total. The van der Waals surface area contributed by atoms with Crippen LogP contribution in [-0.2, 0) is 29.2 Å². The summed E-state index contributed by atoms with van der Waals surface area (Å²) in [6.45, 7) is 7.02. The van der Waals surface area contributed by atoms with Gasteiger partial charge in [-0.25, -0.2) is 28.1 Å². The van der Waals surface area contributed by atoms with Crippen LogP contribution in [0.2, 0.25) is 0 Å². The van der Waals surface area contributed by atoms with Gasteiger partial charge in [0.05, 0.1) is 37.9 Å². The Kier molecular flexibility index (Phi) is 12.4. The van der Waals surface area contributed by atoms with Crippen molar-refractivity contribution < 1.29 is 30.0 Å². The summed E-state index contributed by atoms with van der Waals surface area (Å²) in [5.41, 5.74) is -3.49. The molecule has 0 bridgehead atoms. The highest BCUT2D eigenvalue weighted by Gasteiger charge is 2.22. The van der Waals surface area contributed by atoms with E-state index in [1.807, 2.05) is 0 Å². The number of nitrogens with one attached hydrogen (secondary N) is 3. The Morgan fingerprint density at radius 3 is 1.33 bits per heavy atom. The molecule has 0 aliphatic heterocycles. The Bertz CT molecular complexity index is 1050. The van der Waals surface area contributed by atoms with Crippen LogP contribution in [0.5, 0.6) is 0 Å². The fourth-order valence-corrected chi connectivity index (χ4v) is 2.90. The van der Waals surface area contributed by atoms with Gasteiger partial charge in [0.15, 0.2) is 0 Å². The minimum atomic E-state index is -1.43. The molecule has 1 aromatic rings. The number of carbonyl (C=O) groups is 2. The van der Waals surface area contributed by atoms with E-state index in [0.717, 1.165) is 18.2 Å². The maximum absolute atomic E-state index is 12.9. The zero-order valence-corrected chi connectivity index (χ0v) is 19.6. The van der Waals surface area contributed by atoms with Crippen molar-refractivity contribution in [3.63, 3.8) is 0 Å². The molecule has 2 amide bonds. The van der Waals surface area contributed by atoms with Gasteiger partial charge in [0.25, 0.3) is 0 Å². The Hall–Kier alpha value is -3.63. The second kappa shape index (κ2) is 14.7. The average Bonchev–Trinajstić information content (AvgIpc) is 2.86. The van der Waals surface area contributed by atoms with Crippen LogP contribution in [0.15, 0.2) is 52.3 Å². The van der Waals surface area contributed by atoms with Crippen LogP contribution in [0.3, 0.4) is 0 Å². The molecule has 0 fully saturated rings. The van der Waals surface area contributed by atoms with Crippen LogP contribution in [0.25, 0.3) is 0 Å². The molecule has 1 heterocycles. The van der Waals surface area contributed by atoms with E-state index in [4.69, 9.17) is 0 Å². The molecule has 0 spiro atoms. The topological polar surface area (TPSA) is 217 Å². The third-order valence-electron chi connectivity index (χ3n) is 4.75. The SMILES string of the molecule is C=CC(=O)NCC(O)Cn1c(=O)n(CC(O)CNC(=O)C=C)c(=O)n(CC(O)CNC(O)C=C)c1=O. The van der Waals surface area contributed by atoms with E-state index in [0.29, 0.717) is 13.7 Å². The quantitative estimate of drug-likeness (QED) is 0.0635. The number of rotatable bonds is 16. The van der Waals surface area contributed by atoms with Crippen molar-refractivity contribution in [2.24, 2.45) is 0 Å². The molecule has 0 saturated heterocycles. The van der Waals surface area contributed by atoms with E-state index < -0.39 is 73.1 Å². The first-order valence-electron chi connectivity index (χ1n) is 10.8. The minimum Gasteiger partial charge on any atom is -0.390 e. The summed E-state index contributed by atoms with van der Waals surface area (Å²) < 4.78 is 1.55. The Morgan fingerprint density at radius 1 is 0.694 bits per heavy atom. The standard InChI is InChI=1S/C21H32N6O9/c1-4-16(31)22-7-13(28)10-25-19(34)26(11-14(29)8-23-17(32)5-2)21(36)27(20(25)35)12-15(30)9-24-18(33)6-3/h4-6,13-16,22,28-31H,1-3,7-12H2,(H,23,32)(H,24,33). The maximum atomic E-state index is 12.9. The number of nitrogens with zero attached hydrogens (tertiary/aromatic N) is 3. The third kappa shape index (κ3) is 9.20. The molecule has 0 aromatic carbocycles. The summed E-state index contributed by atoms with van der Waals surface area (Å²) in [6.07, 6.45) is -2.34. The van der Waals surface area contributed by atoms with E-state index in [1.165, 1.54) is 0 Å². The Labute approximate surface area is 205 Å². The van der Waals surface area contributed by atoms with Gasteiger partial charge in [-0.1, -0.05) is 19.7 Å². The lowest BCUT2D eigenvalue weighted by molar-refractivity contribution is -0.117. The lowest BCUT2D eigenvalue weighted by atomic mass is 10.3. The van der Waals surface area contributed by atoms with Crippen molar-refractivity contribution in [2.45, 2.75) is 44.2 Å². The minimum absolute atomic E-state index is 0.259. The summed E-state index contributed by atoms with van der Waals surface area (Å²) in [5, 5.41) is 47.2. The van der Waals surface area contributed by atoms with E-state index >= 15 is 0 Å². The number of aromatic nitrogens is 3. The normalized spacial score (nSPS) is 14.2. The average molecular weight is 513 g/mol. The molecule has 1 aromatic heterocycles. The maximum Gasteiger partial charge on any atom is 0.336 e. The first-order chi connectivity index (χ1) is 16.9. The summed E-state index contributed by atoms with van der Waals surface area (Å²) in [7, 11) is 0. The molecule has 4 unspecified atom stereocenters. The van der Waals surface area contributed by atoms with Gasteiger partial charge >= 0.3 is 17.1 Å². The van der Waals surface area contributed by atoms with Gasteiger partial charge < -0.3 is 31.1 Å². The molecule has 15 heteroatoms. The lowest BCUT2D eigenvalue weighted by Gasteiger charge is -2.20. The van der Waals surface area contributed by atoms with Crippen LogP contribution in [-0.4, -0.2) is 90.1 Å². The van der Waals surface area contributed by atoms with Crippen LogP contribution in [0.4, 0.5) is 0 Å². The molecule has 0 aliphatic carbocycles. The van der Waals surface area contributed by atoms with Crippen LogP contribution in [0.1, 0.15) is 0 Å². The predicted molar refractivity (Wildman–Crippen MR) is 128 cm³/mol. The van der Waals surface area contributed by atoms with Crippen molar-refractivity contribution in [3.05, 3.63) is 69.4 Å². The van der Waals surface area contributed by atoms with Gasteiger partial charge in [-0.05, 0) is 18.2 Å². The number of hydrogen-bond acceptors (Lipinski definition) is 10. The highest BCUT2D eigenvalue weighted by atomic mass is 16.3. The van der Waals surface area contributed by atoms with Crippen LogP contribution >= 0.6 is 0 Å². The fraction of sp³-hybridized carbons (Fsp3) is 0.476. The van der Waals surface area contributed by atoms with Crippen molar-refractivity contribution in [3.8, 4) is 0 Å². The van der Waals surface area contributed by atoms with Gasteiger partial charge in [-0.3, -0.25) is 14.9 Å². The smallest absolute Gasteiger partial charge is 0.336 e. The van der Waals surface area contributed by atoms with E-state index in [2.05, 4.69) is 35.7 Å². The lowest BCUT2D eigenvalue weighted by Crippen LogP contribution is -2.58. The van der Waals surface area contributed by atoms with Crippen molar-refractivity contribution in [1.82, 2.24) is 29.7 Å². The van der Waals surface area contributed by atoms with Crippen molar-refractivity contribution in [2.75, 3.05) is 19.6 Å². The van der Waals surface area contributed by atoms with E-state index in [9.17, 15) is 44.4 Å². The number of aliphatic hydroxyl groups is 4. The molecule has 4 atom stereocenters. The Balaban J connectivity index is 3.35. The monoisotopic (exact) mass is 512 g/mol. The summed E-state index contributed by atoms with van der Waals surface area (Å²) in [4.78, 5) is 61.4. The van der Waals surface area contributed by atoms with Gasteiger partial charge in [0.2, 0.25) is 11.8 Å². The highest BCUT2D eigenvalue weighted by molar-refractivity contribution is 5.87. The first kappa shape index (κ1) is 30.4. The molecule has 0 radical (unpaired) electrons. The summed E-state index contributed by atoms with van der Waals surface area (Å²) in [6, 6.07) is 0. The van der Waals surface area contributed by atoms with Gasteiger partial charge in [-0.15, -0.1) is 0 Å². The first-order valence-corrected chi connectivity index (χ1v) is 10.8. The van der Waals surface area contributed by atoms with Crippen molar-refractivity contribution >= 4 is 11.8 Å². The molecule has 36 heavy (non-hydrogen) atoms. The van der Waals surface area contributed by atoms with Gasteiger partial charge in [0, 0.05) is 19.6 Å². The van der Waals surface area contributed by atoms with Gasteiger partial charge in [0.1, 0.15) is 6.23 Å². The molecule has 1 rings (SSSR count). The zero-order valence-electron chi connectivity index (χ0n) is 19.6. The number of aliphatic hydroxyl groups excluding tert-OH is 4. The van der Waals surface area contributed by atoms with E-state index in [-0.39, 0.29) is 19.6 Å². The highest BCUT2D eigenvalue weighted by Crippen LogP contribution is 1.91. The summed E-state index contributed by atoms with van der Waals surface area (Å²) >= 11 is 0. The largest absolute Gasteiger partial charge is 0.390 e. The zero-order chi connectivity index (χ0) is 27.4. The van der Waals surface area contributed by atoms with Crippen LogP contribution in [0, 0.1) is 0 Å². The van der Waals surface area contributed by atoms with Crippen LogP contribution < -0.4 is 33.0 Å². The second-order valence-corrected chi connectivity index (χ2v) is 7.63. The number of amides is 2. The fourth-order valence-electron chi connectivity index (χ4n) is 2.90. The number of hydrogen-bond donors (Lipinski definition) is 7. The Morgan fingerprint density at radius 2 is 1.03 bits per heavy atom. The third-order valence-corrected chi connectivity index (χ3v) is 4.75. The second-order valence-electron chi connectivity index (χ2n) is 7.63.